The van der Waals surface area contributed by atoms with Gasteiger partial charge in [-0.3, -0.25) is 4.79 Å². The first kappa shape index (κ1) is 17.2. The molecule has 2 aromatic heterocycles. The standard InChI is InChI=1S/C20H20BrN3O2/c21-16-7-5-14(6-8-16)11-15-12-18(23-24-9-1-4-19(15)24)20(25)22-13-17-3-2-10-26-17/h1,4-9,12,17H,2-3,10-11,13H2,(H,22,25). The smallest absolute Gasteiger partial charge is 0.271 e. The summed E-state index contributed by atoms with van der Waals surface area (Å²) in [5.74, 6) is -0.159. The van der Waals surface area contributed by atoms with Crippen molar-refractivity contribution in [1.29, 1.82) is 0 Å². The largest absolute Gasteiger partial charge is 0.376 e. The predicted octanol–water partition coefficient (Wildman–Crippen LogP) is 3.60. The monoisotopic (exact) mass is 413 g/mol. The molecule has 4 rings (SSSR count). The third kappa shape index (κ3) is 3.81. The van der Waals surface area contributed by atoms with E-state index in [1.54, 1.807) is 4.52 Å². The Morgan fingerprint density at radius 2 is 2.15 bits per heavy atom. The maximum absolute atomic E-state index is 12.6. The Labute approximate surface area is 160 Å². The van der Waals surface area contributed by atoms with Crippen LogP contribution in [0.5, 0.6) is 0 Å². The molecule has 6 heteroatoms. The molecule has 5 nitrogen and oxygen atoms in total. The van der Waals surface area contributed by atoms with Crippen LogP contribution in [0.1, 0.15) is 34.5 Å². The van der Waals surface area contributed by atoms with Crippen molar-refractivity contribution in [2.24, 2.45) is 0 Å². The molecule has 1 aliphatic rings. The van der Waals surface area contributed by atoms with Crippen LogP contribution in [-0.2, 0) is 11.2 Å². The second-order valence-corrected chi connectivity index (χ2v) is 7.46. The highest BCUT2D eigenvalue weighted by molar-refractivity contribution is 9.10. The van der Waals surface area contributed by atoms with Gasteiger partial charge in [0.2, 0.25) is 0 Å². The molecular weight excluding hydrogens is 394 g/mol. The van der Waals surface area contributed by atoms with Crippen LogP contribution in [0.2, 0.25) is 0 Å². The minimum Gasteiger partial charge on any atom is -0.376 e. The number of amides is 1. The van der Waals surface area contributed by atoms with E-state index in [-0.39, 0.29) is 12.0 Å². The van der Waals surface area contributed by atoms with Crippen molar-refractivity contribution >= 4 is 27.4 Å². The third-order valence-corrected chi connectivity index (χ3v) is 5.17. The molecular formula is C20H20BrN3O2. The van der Waals surface area contributed by atoms with E-state index in [0.29, 0.717) is 12.2 Å². The Hall–Kier alpha value is -2.18. The van der Waals surface area contributed by atoms with Gasteiger partial charge in [0.05, 0.1) is 11.6 Å². The van der Waals surface area contributed by atoms with E-state index in [1.165, 1.54) is 5.56 Å². The number of benzene rings is 1. The molecule has 0 aliphatic carbocycles. The zero-order valence-corrected chi connectivity index (χ0v) is 15.9. The first-order valence-corrected chi connectivity index (χ1v) is 9.60. The van der Waals surface area contributed by atoms with E-state index in [0.717, 1.165) is 41.4 Å². The summed E-state index contributed by atoms with van der Waals surface area (Å²) in [6.45, 7) is 1.32. The molecule has 0 spiro atoms. The number of aromatic nitrogens is 2. The van der Waals surface area contributed by atoms with Gasteiger partial charge in [-0.05, 0) is 60.7 Å². The van der Waals surface area contributed by atoms with Crippen LogP contribution in [0.3, 0.4) is 0 Å². The molecule has 1 atom stereocenters. The van der Waals surface area contributed by atoms with Crippen LogP contribution in [0.4, 0.5) is 0 Å². The fraction of sp³-hybridized carbons (Fsp3) is 0.300. The zero-order valence-electron chi connectivity index (χ0n) is 14.3. The number of rotatable bonds is 5. The van der Waals surface area contributed by atoms with Gasteiger partial charge in [0.1, 0.15) is 5.69 Å². The van der Waals surface area contributed by atoms with Crippen molar-refractivity contribution in [3.05, 3.63) is 70.0 Å². The van der Waals surface area contributed by atoms with Crippen molar-refractivity contribution in [3.63, 3.8) is 0 Å². The Morgan fingerprint density at radius 3 is 2.92 bits per heavy atom. The van der Waals surface area contributed by atoms with Crippen LogP contribution >= 0.6 is 15.9 Å². The predicted molar refractivity (Wildman–Crippen MR) is 103 cm³/mol. The number of halogens is 1. The second kappa shape index (κ2) is 7.60. The zero-order chi connectivity index (χ0) is 17.9. The number of hydrogen-bond acceptors (Lipinski definition) is 3. The van der Waals surface area contributed by atoms with Crippen LogP contribution < -0.4 is 5.32 Å². The lowest BCUT2D eigenvalue weighted by molar-refractivity contribution is 0.0852. The molecule has 0 radical (unpaired) electrons. The van der Waals surface area contributed by atoms with E-state index in [4.69, 9.17) is 4.74 Å². The van der Waals surface area contributed by atoms with Crippen molar-refractivity contribution in [2.45, 2.75) is 25.4 Å². The lowest BCUT2D eigenvalue weighted by atomic mass is 10.0. The fourth-order valence-electron chi connectivity index (χ4n) is 3.27. The lowest BCUT2D eigenvalue weighted by Gasteiger charge is -2.12. The topological polar surface area (TPSA) is 55.6 Å². The maximum Gasteiger partial charge on any atom is 0.271 e. The van der Waals surface area contributed by atoms with Gasteiger partial charge in [-0.25, -0.2) is 4.52 Å². The van der Waals surface area contributed by atoms with Crippen LogP contribution in [0.15, 0.2) is 53.1 Å². The molecule has 0 bridgehead atoms. The first-order valence-electron chi connectivity index (χ1n) is 8.80. The number of nitrogens with zero attached hydrogens (tertiary/aromatic N) is 2. The summed E-state index contributed by atoms with van der Waals surface area (Å²) in [5, 5.41) is 7.40. The van der Waals surface area contributed by atoms with Gasteiger partial charge in [-0.15, -0.1) is 0 Å². The molecule has 26 heavy (non-hydrogen) atoms. The number of fused-ring (bicyclic) bond motifs is 1. The van der Waals surface area contributed by atoms with Gasteiger partial charge in [-0.1, -0.05) is 28.1 Å². The molecule has 3 aromatic rings. The van der Waals surface area contributed by atoms with Crippen molar-refractivity contribution in [1.82, 2.24) is 14.9 Å². The van der Waals surface area contributed by atoms with Gasteiger partial charge in [0, 0.05) is 23.8 Å². The highest BCUT2D eigenvalue weighted by Gasteiger charge is 2.18. The van der Waals surface area contributed by atoms with Gasteiger partial charge < -0.3 is 10.1 Å². The minimum absolute atomic E-state index is 0.122. The van der Waals surface area contributed by atoms with E-state index < -0.39 is 0 Å². The number of carbonyl (C=O) groups excluding carboxylic acids is 1. The highest BCUT2D eigenvalue weighted by atomic mass is 79.9. The molecule has 1 fully saturated rings. The fourth-order valence-corrected chi connectivity index (χ4v) is 3.54. The number of nitrogens with one attached hydrogen (secondary N) is 1. The molecule has 3 heterocycles. The molecule has 1 N–H and O–H groups in total. The molecule has 1 saturated heterocycles. The van der Waals surface area contributed by atoms with Crippen molar-refractivity contribution in [2.75, 3.05) is 13.2 Å². The summed E-state index contributed by atoms with van der Waals surface area (Å²) >= 11 is 3.46. The van der Waals surface area contributed by atoms with Crippen molar-refractivity contribution < 1.29 is 9.53 Å². The molecule has 1 unspecified atom stereocenters. The Balaban J connectivity index is 1.57. The van der Waals surface area contributed by atoms with E-state index in [2.05, 4.69) is 38.5 Å². The average molecular weight is 414 g/mol. The number of ether oxygens (including phenoxy) is 1. The average Bonchev–Trinajstić information content (AvgIpc) is 3.33. The van der Waals surface area contributed by atoms with Crippen LogP contribution in [-0.4, -0.2) is 34.8 Å². The number of hydrogen-bond donors (Lipinski definition) is 1. The Kier molecular flexibility index (Phi) is 5.04. The van der Waals surface area contributed by atoms with Gasteiger partial charge in [-0.2, -0.15) is 5.10 Å². The van der Waals surface area contributed by atoms with E-state index in [1.807, 2.05) is 36.5 Å². The summed E-state index contributed by atoms with van der Waals surface area (Å²) < 4.78 is 8.39. The molecule has 1 aromatic carbocycles. The maximum atomic E-state index is 12.6. The summed E-state index contributed by atoms with van der Waals surface area (Å²) in [5.41, 5.74) is 3.71. The van der Waals surface area contributed by atoms with Gasteiger partial charge in [0.25, 0.3) is 5.91 Å². The summed E-state index contributed by atoms with van der Waals surface area (Å²) in [6.07, 6.45) is 4.80. The van der Waals surface area contributed by atoms with Crippen LogP contribution in [0.25, 0.3) is 5.52 Å². The lowest BCUT2D eigenvalue weighted by Crippen LogP contribution is -2.32. The first-order chi connectivity index (χ1) is 12.7. The van der Waals surface area contributed by atoms with Gasteiger partial charge in [0.15, 0.2) is 0 Å². The molecule has 1 aliphatic heterocycles. The third-order valence-electron chi connectivity index (χ3n) is 4.64. The summed E-state index contributed by atoms with van der Waals surface area (Å²) in [7, 11) is 0. The SMILES string of the molecule is O=C(NCC1CCCO1)c1cc(Cc2ccc(Br)cc2)c2cccn2n1. The van der Waals surface area contributed by atoms with Crippen LogP contribution in [0, 0.1) is 0 Å². The summed E-state index contributed by atoms with van der Waals surface area (Å²) in [4.78, 5) is 12.6. The molecule has 1 amide bonds. The second-order valence-electron chi connectivity index (χ2n) is 6.54. The Bertz CT molecular complexity index is 914. The summed E-state index contributed by atoms with van der Waals surface area (Å²) in [6, 6.07) is 14.1. The molecule has 134 valence electrons. The van der Waals surface area contributed by atoms with Gasteiger partial charge >= 0.3 is 0 Å². The highest BCUT2D eigenvalue weighted by Crippen LogP contribution is 2.19. The van der Waals surface area contributed by atoms with E-state index in [9.17, 15) is 4.79 Å². The normalized spacial score (nSPS) is 16.9. The Morgan fingerprint density at radius 1 is 1.31 bits per heavy atom. The molecule has 0 saturated carbocycles. The minimum atomic E-state index is -0.159. The van der Waals surface area contributed by atoms with Crippen molar-refractivity contribution in [3.8, 4) is 0 Å². The quantitative estimate of drug-likeness (QED) is 0.694. The number of carbonyl (C=O) groups is 1. The van der Waals surface area contributed by atoms with E-state index >= 15 is 0 Å².